The van der Waals surface area contributed by atoms with Crippen molar-refractivity contribution >= 4 is 34.3 Å². The first-order valence-electron chi connectivity index (χ1n) is 4.37. The van der Waals surface area contributed by atoms with E-state index in [1.165, 1.54) is 4.90 Å². The van der Waals surface area contributed by atoms with Crippen molar-refractivity contribution in [1.29, 1.82) is 0 Å². The van der Waals surface area contributed by atoms with Crippen LogP contribution in [0.25, 0.3) is 0 Å². The molecular formula is C9H8FIN2O2. The average Bonchev–Trinajstić information content (AvgIpc) is 2.22. The van der Waals surface area contributed by atoms with Crippen LogP contribution in [-0.2, 0) is 4.79 Å². The van der Waals surface area contributed by atoms with Crippen molar-refractivity contribution in [3.63, 3.8) is 0 Å². The van der Waals surface area contributed by atoms with Crippen molar-refractivity contribution in [2.45, 2.75) is 0 Å². The van der Waals surface area contributed by atoms with Gasteiger partial charge in [-0.05, 0) is 28.7 Å². The quantitative estimate of drug-likeness (QED) is 0.773. The van der Waals surface area contributed by atoms with E-state index in [9.17, 15) is 9.18 Å². The molecule has 0 saturated heterocycles. The number of nitrogens with zero attached hydrogens (tertiary/aromatic N) is 2. The van der Waals surface area contributed by atoms with E-state index in [1.54, 1.807) is 12.3 Å². The molecule has 2 heterocycles. The highest BCUT2D eigenvalue weighted by molar-refractivity contribution is 14.1. The van der Waals surface area contributed by atoms with Crippen molar-refractivity contribution in [2.24, 2.45) is 0 Å². The minimum absolute atomic E-state index is 0.0305. The fourth-order valence-electron chi connectivity index (χ4n) is 1.37. The third kappa shape index (κ3) is 2.04. The van der Waals surface area contributed by atoms with Crippen LogP contribution in [0.2, 0.25) is 0 Å². The van der Waals surface area contributed by atoms with Crippen LogP contribution in [0.5, 0.6) is 5.75 Å². The van der Waals surface area contributed by atoms with E-state index in [-0.39, 0.29) is 19.1 Å². The first kappa shape index (κ1) is 10.6. The molecule has 1 aliphatic heterocycles. The fraction of sp³-hybridized carbons (Fsp3) is 0.333. The molecule has 0 saturated carbocycles. The smallest absolute Gasteiger partial charge is 0.266 e. The van der Waals surface area contributed by atoms with Gasteiger partial charge >= 0.3 is 0 Å². The van der Waals surface area contributed by atoms with Crippen LogP contribution in [0.3, 0.4) is 0 Å². The van der Waals surface area contributed by atoms with Gasteiger partial charge in [0.1, 0.15) is 6.67 Å². The van der Waals surface area contributed by atoms with E-state index in [0.29, 0.717) is 11.6 Å². The lowest BCUT2D eigenvalue weighted by atomic mass is 10.3. The predicted octanol–water partition coefficient (Wildman–Crippen LogP) is 1.38. The maximum atomic E-state index is 12.3. The summed E-state index contributed by atoms with van der Waals surface area (Å²) in [6.07, 6.45) is 1.62. The molecule has 15 heavy (non-hydrogen) atoms. The molecule has 0 spiro atoms. The minimum Gasteiger partial charge on any atom is -0.480 e. The number of halogens is 2. The summed E-state index contributed by atoms with van der Waals surface area (Å²) < 4.78 is 18.4. The van der Waals surface area contributed by atoms with E-state index >= 15 is 0 Å². The van der Waals surface area contributed by atoms with Gasteiger partial charge in [0, 0.05) is 9.77 Å². The number of alkyl halides is 1. The summed E-state index contributed by atoms with van der Waals surface area (Å²) in [4.78, 5) is 16.8. The largest absolute Gasteiger partial charge is 0.480 e. The van der Waals surface area contributed by atoms with Gasteiger partial charge in [0.05, 0.1) is 6.54 Å². The van der Waals surface area contributed by atoms with Gasteiger partial charge in [-0.1, -0.05) is 0 Å². The highest BCUT2D eigenvalue weighted by Gasteiger charge is 2.26. The van der Waals surface area contributed by atoms with Crippen LogP contribution in [-0.4, -0.2) is 30.7 Å². The molecule has 1 aromatic heterocycles. The molecule has 2 rings (SSSR count). The van der Waals surface area contributed by atoms with Crippen molar-refractivity contribution in [2.75, 3.05) is 24.7 Å². The molecular weight excluding hydrogens is 314 g/mol. The second kappa shape index (κ2) is 4.30. The highest BCUT2D eigenvalue weighted by atomic mass is 127. The number of anilines is 1. The molecule has 0 N–H and O–H groups in total. The Morgan fingerprint density at radius 1 is 1.67 bits per heavy atom. The van der Waals surface area contributed by atoms with Gasteiger partial charge in [0.25, 0.3) is 5.91 Å². The molecule has 6 heteroatoms. The third-order valence-electron chi connectivity index (χ3n) is 2.02. The Labute approximate surface area is 99.6 Å². The summed E-state index contributed by atoms with van der Waals surface area (Å²) in [6.45, 7) is -0.601. The number of carbonyl (C=O) groups is 1. The molecule has 1 aromatic rings. The second-order valence-electron chi connectivity index (χ2n) is 3.00. The number of hydrogen-bond acceptors (Lipinski definition) is 3. The van der Waals surface area contributed by atoms with Crippen LogP contribution in [0.1, 0.15) is 0 Å². The summed E-state index contributed by atoms with van der Waals surface area (Å²) in [5.41, 5.74) is 0. The number of rotatable bonds is 2. The standard InChI is InChI=1S/C9H8FIN2O2/c10-1-2-13-8(14)5-15-7-3-6(11)4-12-9(7)13/h3-4H,1-2,5H2. The summed E-state index contributed by atoms with van der Waals surface area (Å²) in [5, 5.41) is 0. The second-order valence-corrected chi connectivity index (χ2v) is 4.24. The Hall–Kier alpha value is -0.920. The third-order valence-corrected chi connectivity index (χ3v) is 2.61. The van der Waals surface area contributed by atoms with E-state index in [2.05, 4.69) is 27.6 Å². The van der Waals surface area contributed by atoms with E-state index in [4.69, 9.17) is 4.74 Å². The monoisotopic (exact) mass is 322 g/mol. The van der Waals surface area contributed by atoms with Gasteiger partial charge in [-0.25, -0.2) is 9.37 Å². The van der Waals surface area contributed by atoms with Crippen LogP contribution in [0.4, 0.5) is 10.2 Å². The van der Waals surface area contributed by atoms with Crippen LogP contribution in [0, 0.1) is 3.57 Å². The van der Waals surface area contributed by atoms with Gasteiger partial charge < -0.3 is 4.74 Å². The lowest BCUT2D eigenvalue weighted by Gasteiger charge is -2.27. The molecule has 0 aromatic carbocycles. The zero-order chi connectivity index (χ0) is 10.8. The van der Waals surface area contributed by atoms with Gasteiger partial charge in [-0.3, -0.25) is 9.69 Å². The van der Waals surface area contributed by atoms with E-state index < -0.39 is 6.67 Å². The van der Waals surface area contributed by atoms with E-state index in [0.717, 1.165) is 3.57 Å². The SMILES string of the molecule is O=C1COc2cc(I)cnc2N1CCF. The lowest BCUT2D eigenvalue weighted by Crippen LogP contribution is -2.40. The Bertz CT molecular complexity index is 400. The number of ether oxygens (including phenoxy) is 1. The maximum absolute atomic E-state index is 12.3. The molecule has 80 valence electrons. The molecule has 1 amide bonds. The van der Waals surface area contributed by atoms with Crippen molar-refractivity contribution in [1.82, 2.24) is 4.98 Å². The first-order chi connectivity index (χ1) is 7.22. The zero-order valence-electron chi connectivity index (χ0n) is 7.74. The zero-order valence-corrected chi connectivity index (χ0v) is 9.90. The number of aromatic nitrogens is 1. The number of fused-ring (bicyclic) bond motifs is 1. The van der Waals surface area contributed by atoms with Crippen LogP contribution < -0.4 is 9.64 Å². The van der Waals surface area contributed by atoms with E-state index in [1.807, 2.05) is 0 Å². The molecule has 0 bridgehead atoms. The van der Waals surface area contributed by atoms with Crippen molar-refractivity contribution in [3.8, 4) is 5.75 Å². The number of hydrogen-bond donors (Lipinski definition) is 0. The predicted molar refractivity (Wildman–Crippen MR) is 60.8 cm³/mol. The van der Waals surface area contributed by atoms with Crippen LogP contribution in [0.15, 0.2) is 12.3 Å². The molecule has 4 nitrogen and oxygen atoms in total. The van der Waals surface area contributed by atoms with Crippen LogP contribution >= 0.6 is 22.6 Å². The molecule has 0 unspecified atom stereocenters. The average molecular weight is 322 g/mol. The first-order valence-corrected chi connectivity index (χ1v) is 5.45. The Morgan fingerprint density at radius 3 is 3.20 bits per heavy atom. The molecule has 1 aliphatic rings. The fourth-order valence-corrected chi connectivity index (χ4v) is 1.80. The Morgan fingerprint density at radius 2 is 2.47 bits per heavy atom. The molecule has 0 fully saturated rings. The van der Waals surface area contributed by atoms with Gasteiger partial charge in [-0.15, -0.1) is 0 Å². The summed E-state index contributed by atoms with van der Waals surface area (Å²) in [5.74, 6) is 0.688. The number of pyridine rings is 1. The number of amides is 1. The lowest BCUT2D eigenvalue weighted by molar-refractivity contribution is -0.121. The molecule has 0 radical (unpaired) electrons. The topological polar surface area (TPSA) is 42.4 Å². The maximum Gasteiger partial charge on any atom is 0.266 e. The van der Waals surface area contributed by atoms with Gasteiger partial charge in [0.15, 0.2) is 18.2 Å². The van der Waals surface area contributed by atoms with Gasteiger partial charge in [0.2, 0.25) is 0 Å². The van der Waals surface area contributed by atoms with Crippen molar-refractivity contribution in [3.05, 3.63) is 15.8 Å². The van der Waals surface area contributed by atoms with Gasteiger partial charge in [-0.2, -0.15) is 0 Å². The summed E-state index contributed by atoms with van der Waals surface area (Å²) >= 11 is 2.10. The van der Waals surface area contributed by atoms with Crippen molar-refractivity contribution < 1.29 is 13.9 Å². The Balaban J connectivity index is 2.39. The summed E-state index contributed by atoms with van der Waals surface area (Å²) in [6, 6.07) is 1.78. The minimum atomic E-state index is -0.584. The molecule has 0 atom stereocenters. The Kier molecular flexibility index (Phi) is 3.03. The summed E-state index contributed by atoms with van der Waals surface area (Å²) in [7, 11) is 0. The number of carbonyl (C=O) groups excluding carboxylic acids is 1. The highest BCUT2D eigenvalue weighted by Crippen LogP contribution is 2.30. The normalized spacial score (nSPS) is 14.8. The molecule has 0 aliphatic carbocycles.